The number of halogens is 1. The highest BCUT2D eigenvalue weighted by atomic mass is 35.5. The van der Waals surface area contributed by atoms with Gasteiger partial charge in [0.1, 0.15) is 12.4 Å². The van der Waals surface area contributed by atoms with Crippen molar-refractivity contribution in [1.82, 2.24) is 4.72 Å². The minimum absolute atomic E-state index is 0.122. The van der Waals surface area contributed by atoms with Crippen LogP contribution >= 0.6 is 11.6 Å². The van der Waals surface area contributed by atoms with Crippen LogP contribution in [0.4, 0.5) is 5.69 Å². The molecule has 1 unspecified atom stereocenters. The number of hydrogen-bond acceptors (Lipinski definition) is 7. The van der Waals surface area contributed by atoms with Crippen LogP contribution in [-0.4, -0.2) is 57.1 Å². The monoisotopic (exact) mass is 614 g/mol. The second-order valence-electron chi connectivity index (χ2n) is 12.1. The summed E-state index contributed by atoms with van der Waals surface area (Å²) in [6.07, 6.45) is 8.62. The molecular weight excluding hydrogens is 576 g/mol. The van der Waals surface area contributed by atoms with E-state index in [0.717, 1.165) is 49.9 Å². The fraction of sp³-hybridized carbons (Fsp3) is 0.531. The SMILES string of the molecule is O=C1NS(=O)(=O)[C@@H]2CCOCC2C/C=C/[C@H](O)[C@@H]2CC[C@H]2CN2CCCCc3cc(Cl)ccc3COc3ccc1cc32. The molecule has 1 saturated heterocycles. The van der Waals surface area contributed by atoms with Gasteiger partial charge in [-0.1, -0.05) is 29.8 Å². The van der Waals surface area contributed by atoms with Crippen LogP contribution in [0.25, 0.3) is 0 Å². The molecule has 4 aliphatic rings. The van der Waals surface area contributed by atoms with Crippen LogP contribution in [0.3, 0.4) is 0 Å². The van der Waals surface area contributed by atoms with Crippen molar-refractivity contribution < 1.29 is 27.8 Å². The molecule has 0 spiro atoms. The largest absolute Gasteiger partial charge is 0.487 e. The molecule has 42 heavy (non-hydrogen) atoms. The number of carbonyl (C=O) groups excluding carboxylic acids is 1. The first kappa shape index (κ1) is 29.5. The van der Waals surface area contributed by atoms with Crippen molar-refractivity contribution >= 4 is 33.2 Å². The van der Waals surface area contributed by atoms with Crippen LogP contribution in [0.2, 0.25) is 5.02 Å². The summed E-state index contributed by atoms with van der Waals surface area (Å²) in [4.78, 5) is 15.7. The number of nitrogens with zero attached hydrogens (tertiary/aromatic N) is 1. The van der Waals surface area contributed by atoms with Gasteiger partial charge in [-0.25, -0.2) is 13.1 Å². The van der Waals surface area contributed by atoms with Crippen LogP contribution in [0.5, 0.6) is 5.75 Å². The van der Waals surface area contributed by atoms with Crippen molar-refractivity contribution in [1.29, 1.82) is 0 Å². The number of carbonyl (C=O) groups is 1. The van der Waals surface area contributed by atoms with Gasteiger partial charge in [-0.05, 0) is 98.2 Å². The Kier molecular flexibility index (Phi) is 8.82. The highest BCUT2D eigenvalue weighted by molar-refractivity contribution is 7.90. The van der Waals surface area contributed by atoms with E-state index in [-0.39, 0.29) is 23.3 Å². The number of fused-ring (bicyclic) bond motifs is 4. The van der Waals surface area contributed by atoms with Gasteiger partial charge in [0.2, 0.25) is 10.0 Å². The van der Waals surface area contributed by atoms with Gasteiger partial charge >= 0.3 is 0 Å². The molecule has 226 valence electrons. The lowest BCUT2D eigenvalue weighted by molar-refractivity contribution is 0.0450. The van der Waals surface area contributed by atoms with Gasteiger partial charge in [-0.3, -0.25) is 4.79 Å². The Labute approximate surface area is 253 Å². The third-order valence-corrected chi connectivity index (χ3v) is 11.5. The maximum atomic E-state index is 13.5. The van der Waals surface area contributed by atoms with Crippen molar-refractivity contribution in [2.45, 2.75) is 62.9 Å². The Morgan fingerprint density at radius 2 is 1.90 bits per heavy atom. The maximum absolute atomic E-state index is 13.5. The standard InChI is InChI=1S/C32H39ClN2O6S/c33-26-10-7-24-20-41-30-12-9-22-17-28(30)35(14-2-1-4-21(24)16-26)18-23-8-11-27(23)29(36)6-3-5-25-19-40-15-13-31(25)42(38,39)34-32(22)37/h3,6-7,9-10,12,16-17,23,25,27,29,31,36H,1-2,4-5,8,11,13-15,18-20H2,(H,34,37)/b6-3+/t23-,25?,27+,29-,31+/m0/s1. The predicted octanol–water partition coefficient (Wildman–Crippen LogP) is 4.87. The molecule has 1 aliphatic carbocycles. The van der Waals surface area contributed by atoms with Crippen molar-refractivity contribution in [3.8, 4) is 5.75 Å². The van der Waals surface area contributed by atoms with Crippen molar-refractivity contribution in [2.75, 3.05) is 31.2 Å². The number of allylic oxidation sites excluding steroid dienone is 1. The number of aliphatic hydroxyl groups excluding tert-OH is 1. The molecule has 2 aromatic carbocycles. The normalized spacial score (nSPS) is 30.6. The summed E-state index contributed by atoms with van der Waals surface area (Å²) in [6, 6.07) is 11.0. The fourth-order valence-electron chi connectivity index (χ4n) is 6.84. The van der Waals surface area contributed by atoms with Crippen LogP contribution in [0.1, 0.15) is 60.0 Å². The molecule has 3 aliphatic heterocycles. The van der Waals surface area contributed by atoms with E-state index in [0.29, 0.717) is 50.0 Å². The molecule has 2 fully saturated rings. The topological polar surface area (TPSA) is 105 Å². The zero-order valence-corrected chi connectivity index (χ0v) is 25.3. The summed E-state index contributed by atoms with van der Waals surface area (Å²) < 4.78 is 41.3. The number of aryl methyl sites for hydroxylation is 1. The number of rotatable bonds is 0. The van der Waals surface area contributed by atoms with E-state index in [1.165, 1.54) is 5.56 Å². The molecule has 10 heteroatoms. The summed E-state index contributed by atoms with van der Waals surface area (Å²) in [5.74, 6) is 0.106. The van der Waals surface area contributed by atoms with Crippen molar-refractivity contribution in [3.63, 3.8) is 0 Å². The summed E-state index contributed by atoms with van der Waals surface area (Å²) in [5, 5.41) is 11.1. The molecule has 5 atom stereocenters. The molecular formula is C32H39ClN2O6S. The van der Waals surface area contributed by atoms with E-state index in [2.05, 4.69) is 9.62 Å². The Morgan fingerprint density at radius 3 is 2.74 bits per heavy atom. The summed E-state index contributed by atoms with van der Waals surface area (Å²) >= 11 is 6.31. The van der Waals surface area contributed by atoms with E-state index < -0.39 is 27.3 Å². The van der Waals surface area contributed by atoms with E-state index in [9.17, 15) is 18.3 Å². The third-order valence-electron chi connectivity index (χ3n) is 9.42. The highest BCUT2D eigenvalue weighted by Crippen LogP contribution is 2.41. The smallest absolute Gasteiger partial charge is 0.264 e. The van der Waals surface area contributed by atoms with E-state index in [1.807, 2.05) is 30.4 Å². The maximum Gasteiger partial charge on any atom is 0.264 e. The number of benzene rings is 2. The molecule has 2 aromatic rings. The Morgan fingerprint density at radius 1 is 1.02 bits per heavy atom. The molecule has 1 amide bonds. The minimum Gasteiger partial charge on any atom is -0.487 e. The van der Waals surface area contributed by atoms with Crippen LogP contribution in [-0.2, 0) is 27.8 Å². The Balaban J connectivity index is 1.38. The number of nitrogens with one attached hydrogen (secondary N) is 1. The summed E-state index contributed by atoms with van der Waals surface area (Å²) in [7, 11) is -3.96. The van der Waals surface area contributed by atoms with Gasteiger partial charge < -0.3 is 19.5 Å². The average Bonchev–Trinajstić information content (AvgIpc) is 2.98. The average molecular weight is 615 g/mol. The molecule has 2 bridgehead atoms. The first-order valence-electron chi connectivity index (χ1n) is 15.1. The molecule has 0 aromatic heterocycles. The lowest BCUT2D eigenvalue weighted by atomic mass is 9.70. The lowest BCUT2D eigenvalue weighted by Crippen LogP contribution is -2.46. The number of ether oxygens (including phenoxy) is 2. The number of sulfonamides is 1. The molecule has 1 saturated carbocycles. The van der Waals surface area contributed by atoms with Gasteiger partial charge in [-0.15, -0.1) is 0 Å². The third kappa shape index (κ3) is 6.34. The number of hydrogen-bond donors (Lipinski definition) is 2. The second-order valence-corrected chi connectivity index (χ2v) is 14.4. The predicted molar refractivity (Wildman–Crippen MR) is 162 cm³/mol. The zero-order valence-electron chi connectivity index (χ0n) is 23.7. The Hall–Kier alpha value is -2.59. The molecule has 0 radical (unpaired) electrons. The second kappa shape index (κ2) is 12.6. The van der Waals surface area contributed by atoms with E-state index in [4.69, 9.17) is 21.1 Å². The van der Waals surface area contributed by atoms with E-state index >= 15 is 0 Å². The molecule has 2 N–H and O–H groups in total. The van der Waals surface area contributed by atoms with Gasteiger partial charge in [-0.2, -0.15) is 0 Å². The van der Waals surface area contributed by atoms with Gasteiger partial charge in [0.25, 0.3) is 5.91 Å². The number of anilines is 1. The summed E-state index contributed by atoms with van der Waals surface area (Å²) in [6.45, 7) is 2.44. The minimum atomic E-state index is -3.96. The first-order valence-corrected chi connectivity index (χ1v) is 17.0. The van der Waals surface area contributed by atoms with Gasteiger partial charge in [0, 0.05) is 36.2 Å². The molecule has 6 rings (SSSR count). The highest BCUT2D eigenvalue weighted by Gasteiger charge is 2.39. The quantitative estimate of drug-likeness (QED) is 0.408. The molecule has 3 heterocycles. The van der Waals surface area contributed by atoms with Crippen LogP contribution < -0.4 is 14.4 Å². The van der Waals surface area contributed by atoms with Crippen LogP contribution in [0, 0.1) is 17.8 Å². The number of aliphatic hydroxyl groups is 1. The van der Waals surface area contributed by atoms with Crippen molar-refractivity contribution in [2.24, 2.45) is 17.8 Å². The molecule has 8 nitrogen and oxygen atoms in total. The number of amides is 1. The summed E-state index contributed by atoms with van der Waals surface area (Å²) in [5.41, 5.74) is 3.28. The zero-order chi connectivity index (χ0) is 29.3. The van der Waals surface area contributed by atoms with Crippen LogP contribution in [0.15, 0.2) is 48.6 Å². The van der Waals surface area contributed by atoms with Gasteiger partial charge in [0.05, 0.1) is 23.6 Å². The van der Waals surface area contributed by atoms with Gasteiger partial charge in [0.15, 0.2) is 0 Å². The lowest BCUT2D eigenvalue weighted by Gasteiger charge is -2.42. The van der Waals surface area contributed by atoms with E-state index in [1.54, 1.807) is 18.2 Å². The Bertz CT molecular complexity index is 1450. The van der Waals surface area contributed by atoms with Crippen molar-refractivity contribution in [3.05, 3.63) is 70.3 Å². The fourth-order valence-corrected chi connectivity index (χ4v) is 8.66. The first-order chi connectivity index (χ1) is 20.3.